The molecule has 1 atom stereocenters. The fourth-order valence-corrected chi connectivity index (χ4v) is 3.73. The third kappa shape index (κ3) is 5.53. The van der Waals surface area contributed by atoms with Crippen LogP contribution in [0.4, 0.5) is 0 Å². The van der Waals surface area contributed by atoms with Crippen molar-refractivity contribution in [2.75, 3.05) is 40.3 Å². The highest BCUT2D eigenvalue weighted by Gasteiger charge is 2.16. The molecule has 1 aliphatic heterocycles. The van der Waals surface area contributed by atoms with Crippen LogP contribution in [0.2, 0.25) is 0 Å². The third-order valence-electron chi connectivity index (χ3n) is 4.42. The van der Waals surface area contributed by atoms with Crippen LogP contribution in [-0.2, 0) is 13.6 Å². The number of hydrogen-bond donors (Lipinski definition) is 1. The van der Waals surface area contributed by atoms with Gasteiger partial charge in [-0.15, -0.1) is 0 Å². The summed E-state index contributed by atoms with van der Waals surface area (Å²) in [5.74, 6) is 1.58. The van der Waals surface area contributed by atoms with Crippen LogP contribution in [0.25, 0.3) is 0 Å². The molecule has 1 fully saturated rings. The maximum Gasteiger partial charge on any atom is 0.193 e. The van der Waals surface area contributed by atoms with Gasteiger partial charge in [0.25, 0.3) is 0 Å². The maximum atomic E-state index is 4.42. The minimum absolute atomic E-state index is 0.627. The maximum absolute atomic E-state index is 4.42. The van der Waals surface area contributed by atoms with E-state index in [2.05, 4.69) is 73.9 Å². The molecule has 0 radical (unpaired) electrons. The monoisotopic (exact) mass is 383 g/mol. The molecule has 23 heavy (non-hydrogen) atoms. The topological polar surface area (TPSA) is 35.8 Å². The van der Waals surface area contributed by atoms with Gasteiger partial charge in [0.1, 0.15) is 0 Å². The molecule has 1 saturated heterocycles. The molecule has 5 nitrogen and oxygen atoms in total. The average Bonchev–Trinajstić information content (AvgIpc) is 3.10. The lowest BCUT2D eigenvalue weighted by Gasteiger charge is -2.25. The second-order valence-corrected chi connectivity index (χ2v) is 7.57. The van der Waals surface area contributed by atoms with Crippen LogP contribution in [0, 0.1) is 5.92 Å². The Morgan fingerprint density at radius 3 is 2.70 bits per heavy atom. The number of aromatic nitrogens is 1. The Kier molecular flexibility index (Phi) is 6.96. The molecule has 0 aromatic carbocycles. The highest BCUT2D eigenvalue weighted by molar-refractivity contribution is 9.10. The molecule has 6 heteroatoms. The summed E-state index contributed by atoms with van der Waals surface area (Å²) in [6.45, 7) is 7.82. The average molecular weight is 384 g/mol. The van der Waals surface area contributed by atoms with Crippen molar-refractivity contribution in [2.45, 2.75) is 26.3 Å². The molecule has 1 aromatic heterocycles. The molecule has 0 saturated carbocycles. The second-order valence-electron chi connectivity index (χ2n) is 6.66. The molecule has 0 spiro atoms. The fourth-order valence-electron chi connectivity index (χ4n) is 3.16. The molecule has 130 valence electrons. The van der Waals surface area contributed by atoms with Crippen LogP contribution in [0.5, 0.6) is 0 Å². The first-order chi connectivity index (χ1) is 11.0. The van der Waals surface area contributed by atoms with Crippen molar-refractivity contribution in [3.63, 3.8) is 0 Å². The van der Waals surface area contributed by atoms with E-state index in [1.165, 1.54) is 38.2 Å². The lowest BCUT2D eigenvalue weighted by molar-refractivity contribution is 0.286. The Labute approximate surface area is 148 Å². The lowest BCUT2D eigenvalue weighted by Crippen LogP contribution is -2.42. The number of halogens is 1. The van der Waals surface area contributed by atoms with Crippen molar-refractivity contribution in [3.8, 4) is 0 Å². The standard InChI is InChI=1S/C17H30BrN5/c1-14(11-23-7-5-6-8-23)10-20-17(19-2)22(4)13-16-9-15(18)12-21(16)3/h9,12,14H,5-8,10-11,13H2,1-4H3,(H,19,20). The molecule has 0 aliphatic carbocycles. The summed E-state index contributed by atoms with van der Waals surface area (Å²) in [7, 11) is 6.01. The Bertz CT molecular complexity index is 519. The van der Waals surface area contributed by atoms with E-state index in [0.717, 1.165) is 23.5 Å². The number of nitrogens with one attached hydrogen (secondary N) is 1. The molecule has 1 aliphatic rings. The highest BCUT2D eigenvalue weighted by atomic mass is 79.9. The van der Waals surface area contributed by atoms with Crippen LogP contribution < -0.4 is 5.32 Å². The normalized spacial score (nSPS) is 17.5. The predicted octanol–water partition coefficient (Wildman–Crippen LogP) is 2.53. The minimum Gasteiger partial charge on any atom is -0.356 e. The van der Waals surface area contributed by atoms with Gasteiger partial charge in [0.15, 0.2) is 5.96 Å². The number of likely N-dealkylation sites (tertiary alicyclic amines) is 1. The van der Waals surface area contributed by atoms with Crippen molar-refractivity contribution < 1.29 is 0 Å². The van der Waals surface area contributed by atoms with Gasteiger partial charge in [0.2, 0.25) is 0 Å². The number of guanidine groups is 1. The Morgan fingerprint density at radius 2 is 2.13 bits per heavy atom. The van der Waals surface area contributed by atoms with Crippen LogP contribution in [0.3, 0.4) is 0 Å². The van der Waals surface area contributed by atoms with Gasteiger partial charge in [-0.25, -0.2) is 0 Å². The lowest BCUT2D eigenvalue weighted by atomic mass is 10.1. The van der Waals surface area contributed by atoms with Gasteiger partial charge in [0, 0.05) is 50.6 Å². The summed E-state index contributed by atoms with van der Waals surface area (Å²) in [4.78, 5) is 9.16. The molecule has 1 unspecified atom stereocenters. The van der Waals surface area contributed by atoms with E-state index in [1.54, 1.807) is 0 Å². The van der Waals surface area contributed by atoms with Gasteiger partial charge >= 0.3 is 0 Å². The van der Waals surface area contributed by atoms with Gasteiger partial charge < -0.3 is 19.7 Å². The minimum atomic E-state index is 0.627. The van der Waals surface area contributed by atoms with Crippen LogP contribution in [0.1, 0.15) is 25.5 Å². The largest absolute Gasteiger partial charge is 0.356 e. The van der Waals surface area contributed by atoms with E-state index in [0.29, 0.717) is 5.92 Å². The van der Waals surface area contributed by atoms with E-state index in [1.807, 2.05) is 7.05 Å². The van der Waals surface area contributed by atoms with E-state index < -0.39 is 0 Å². The molecule has 1 aromatic rings. The molecule has 2 heterocycles. The summed E-state index contributed by atoms with van der Waals surface area (Å²) in [6.07, 6.45) is 4.80. The molecular weight excluding hydrogens is 354 g/mol. The van der Waals surface area contributed by atoms with E-state index in [-0.39, 0.29) is 0 Å². The zero-order valence-corrected chi connectivity index (χ0v) is 16.4. The first-order valence-electron chi connectivity index (χ1n) is 8.44. The molecule has 2 rings (SSSR count). The summed E-state index contributed by atoms with van der Waals surface area (Å²) in [5.41, 5.74) is 1.26. The summed E-state index contributed by atoms with van der Waals surface area (Å²) in [5, 5.41) is 3.52. The number of hydrogen-bond acceptors (Lipinski definition) is 2. The first-order valence-corrected chi connectivity index (χ1v) is 9.23. The second kappa shape index (κ2) is 8.73. The number of aryl methyl sites for hydroxylation is 1. The Balaban J connectivity index is 1.80. The van der Waals surface area contributed by atoms with Crippen molar-refractivity contribution in [1.82, 2.24) is 19.7 Å². The molecule has 0 amide bonds. The summed E-state index contributed by atoms with van der Waals surface area (Å²) >= 11 is 3.53. The van der Waals surface area contributed by atoms with Gasteiger partial charge in [-0.1, -0.05) is 6.92 Å². The quantitative estimate of drug-likeness (QED) is 0.605. The van der Waals surface area contributed by atoms with Crippen molar-refractivity contribution in [2.24, 2.45) is 18.0 Å². The molecule has 1 N–H and O–H groups in total. The Morgan fingerprint density at radius 1 is 1.43 bits per heavy atom. The highest BCUT2D eigenvalue weighted by Crippen LogP contribution is 2.15. The van der Waals surface area contributed by atoms with E-state index in [4.69, 9.17) is 0 Å². The van der Waals surface area contributed by atoms with Crippen LogP contribution >= 0.6 is 15.9 Å². The fraction of sp³-hybridized carbons (Fsp3) is 0.706. The van der Waals surface area contributed by atoms with E-state index >= 15 is 0 Å². The van der Waals surface area contributed by atoms with Crippen molar-refractivity contribution >= 4 is 21.9 Å². The van der Waals surface area contributed by atoms with Crippen molar-refractivity contribution in [1.29, 1.82) is 0 Å². The van der Waals surface area contributed by atoms with Crippen molar-refractivity contribution in [3.05, 3.63) is 22.4 Å². The van der Waals surface area contributed by atoms with Gasteiger partial charge in [-0.3, -0.25) is 4.99 Å². The number of rotatable bonds is 6. The summed E-state index contributed by atoms with van der Waals surface area (Å²) < 4.78 is 3.26. The van der Waals surface area contributed by atoms with Gasteiger partial charge in [0.05, 0.1) is 6.54 Å². The zero-order valence-electron chi connectivity index (χ0n) is 14.8. The van der Waals surface area contributed by atoms with Crippen LogP contribution in [-0.4, -0.2) is 60.6 Å². The van der Waals surface area contributed by atoms with Gasteiger partial charge in [-0.2, -0.15) is 0 Å². The van der Waals surface area contributed by atoms with Crippen LogP contribution in [0.15, 0.2) is 21.7 Å². The number of nitrogens with zero attached hydrogens (tertiary/aromatic N) is 4. The molecule has 0 bridgehead atoms. The SMILES string of the molecule is CN=C(NCC(C)CN1CCCC1)N(C)Cc1cc(Br)cn1C. The first kappa shape index (κ1) is 18.3. The zero-order chi connectivity index (χ0) is 16.8. The van der Waals surface area contributed by atoms with E-state index in [9.17, 15) is 0 Å². The number of aliphatic imine (C=N–C) groups is 1. The summed E-state index contributed by atoms with van der Waals surface area (Å²) in [6, 6.07) is 2.15. The van der Waals surface area contributed by atoms with Gasteiger partial charge in [-0.05, 0) is 53.8 Å². The molecular formula is C17H30BrN5. The predicted molar refractivity (Wildman–Crippen MR) is 101 cm³/mol. The Hall–Kier alpha value is -1.01. The third-order valence-corrected chi connectivity index (χ3v) is 4.86. The smallest absolute Gasteiger partial charge is 0.193 e.